The fourth-order valence-electron chi connectivity index (χ4n) is 3.63. The monoisotopic (exact) mass is 396 g/mol. The summed E-state index contributed by atoms with van der Waals surface area (Å²) in [5.41, 5.74) is 3.57. The van der Waals surface area contributed by atoms with Gasteiger partial charge in [0.2, 0.25) is 5.91 Å². The number of aliphatic hydroxyl groups is 1. The third kappa shape index (κ3) is 4.69. The Labute approximate surface area is 168 Å². The van der Waals surface area contributed by atoms with Gasteiger partial charge in [0.15, 0.2) is 0 Å². The SMILES string of the molecule is Cc1cc(CCN2C[C@H](O)C[C@H]2C(=O)NCc2ccc(-c3c[nH]nn3)cc2)on1. The van der Waals surface area contributed by atoms with Gasteiger partial charge in [0.05, 0.1) is 17.8 Å². The van der Waals surface area contributed by atoms with E-state index in [-0.39, 0.29) is 11.9 Å². The van der Waals surface area contributed by atoms with E-state index in [2.05, 4.69) is 25.9 Å². The first-order valence-corrected chi connectivity index (χ1v) is 9.66. The van der Waals surface area contributed by atoms with Crippen molar-refractivity contribution in [2.75, 3.05) is 13.1 Å². The van der Waals surface area contributed by atoms with Crippen LogP contribution in [0.25, 0.3) is 11.3 Å². The van der Waals surface area contributed by atoms with Crippen LogP contribution in [-0.4, -0.2) is 61.7 Å². The summed E-state index contributed by atoms with van der Waals surface area (Å²) in [5.74, 6) is 0.714. The number of hydrogen-bond donors (Lipinski definition) is 3. The van der Waals surface area contributed by atoms with Crippen LogP contribution in [0.2, 0.25) is 0 Å². The molecule has 0 spiro atoms. The number of amides is 1. The molecule has 1 fully saturated rings. The molecule has 2 atom stereocenters. The van der Waals surface area contributed by atoms with Crippen LogP contribution < -0.4 is 5.32 Å². The lowest BCUT2D eigenvalue weighted by Crippen LogP contribution is -2.43. The first-order valence-electron chi connectivity index (χ1n) is 9.66. The Morgan fingerprint density at radius 1 is 1.38 bits per heavy atom. The van der Waals surface area contributed by atoms with Gasteiger partial charge >= 0.3 is 0 Å². The number of benzene rings is 1. The predicted octanol–water partition coefficient (Wildman–Crippen LogP) is 1.06. The van der Waals surface area contributed by atoms with E-state index in [0.29, 0.717) is 32.5 Å². The number of rotatable bonds is 7. The van der Waals surface area contributed by atoms with E-state index >= 15 is 0 Å². The number of H-pyrrole nitrogens is 1. The Bertz CT molecular complexity index is 938. The van der Waals surface area contributed by atoms with Crippen molar-refractivity contribution in [1.29, 1.82) is 0 Å². The van der Waals surface area contributed by atoms with Gasteiger partial charge in [0.25, 0.3) is 0 Å². The van der Waals surface area contributed by atoms with Gasteiger partial charge in [-0.25, -0.2) is 0 Å². The minimum atomic E-state index is -0.496. The number of aromatic nitrogens is 4. The second-order valence-corrected chi connectivity index (χ2v) is 7.36. The van der Waals surface area contributed by atoms with Gasteiger partial charge in [-0.2, -0.15) is 0 Å². The zero-order valence-electron chi connectivity index (χ0n) is 16.2. The number of hydrogen-bond acceptors (Lipinski definition) is 7. The summed E-state index contributed by atoms with van der Waals surface area (Å²) in [7, 11) is 0. The van der Waals surface area contributed by atoms with Crippen LogP contribution >= 0.6 is 0 Å². The van der Waals surface area contributed by atoms with Crippen molar-refractivity contribution in [1.82, 2.24) is 30.8 Å². The van der Waals surface area contributed by atoms with Crippen molar-refractivity contribution in [2.45, 2.75) is 38.5 Å². The lowest BCUT2D eigenvalue weighted by atomic mass is 10.1. The van der Waals surface area contributed by atoms with Gasteiger partial charge in [0, 0.05) is 43.9 Å². The van der Waals surface area contributed by atoms with E-state index in [9.17, 15) is 9.90 Å². The van der Waals surface area contributed by atoms with Crippen molar-refractivity contribution in [3.05, 3.63) is 53.5 Å². The molecular formula is C20H24N6O3. The summed E-state index contributed by atoms with van der Waals surface area (Å²) in [6.45, 7) is 3.43. The number of aryl methyl sites for hydroxylation is 1. The van der Waals surface area contributed by atoms with Crippen LogP contribution in [0.5, 0.6) is 0 Å². The van der Waals surface area contributed by atoms with Gasteiger partial charge in [-0.1, -0.05) is 34.6 Å². The number of likely N-dealkylation sites (tertiary alicyclic amines) is 1. The van der Waals surface area contributed by atoms with Crippen molar-refractivity contribution < 1.29 is 14.4 Å². The van der Waals surface area contributed by atoms with Crippen LogP contribution in [0, 0.1) is 6.92 Å². The maximum Gasteiger partial charge on any atom is 0.237 e. The molecule has 0 saturated carbocycles. The lowest BCUT2D eigenvalue weighted by molar-refractivity contribution is -0.125. The first-order chi connectivity index (χ1) is 14.1. The van der Waals surface area contributed by atoms with Crippen LogP contribution in [-0.2, 0) is 17.8 Å². The largest absolute Gasteiger partial charge is 0.392 e. The Kier molecular flexibility index (Phi) is 5.68. The maximum absolute atomic E-state index is 12.7. The molecule has 4 rings (SSSR count). The number of nitrogens with zero attached hydrogens (tertiary/aromatic N) is 4. The highest BCUT2D eigenvalue weighted by molar-refractivity contribution is 5.82. The molecule has 0 bridgehead atoms. The van der Waals surface area contributed by atoms with Crippen LogP contribution in [0.1, 0.15) is 23.4 Å². The normalized spacial score (nSPS) is 19.5. The molecule has 3 N–H and O–H groups in total. The van der Waals surface area contributed by atoms with Crippen LogP contribution in [0.15, 0.2) is 41.1 Å². The van der Waals surface area contributed by atoms with E-state index in [1.165, 1.54) is 0 Å². The number of aliphatic hydroxyl groups excluding tert-OH is 1. The van der Waals surface area contributed by atoms with Gasteiger partial charge in [-0.05, 0) is 18.9 Å². The molecule has 3 heterocycles. The summed E-state index contributed by atoms with van der Waals surface area (Å²) in [5, 5.41) is 27.3. The van der Waals surface area contributed by atoms with Gasteiger partial charge in [-0.3, -0.25) is 14.8 Å². The minimum Gasteiger partial charge on any atom is -0.392 e. The van der Waals surface area contributed by atoms with E-state index in [1.807, 2.05) is 42.2 Å². The predicted molar refractivity (Wildman–Crippen MR) is 105 cm³/mol. The molecule has 1 saturated heterocycles. The Morgan fingerprint density at radius 2 is 2.21 bits per heavy atom. The van der Waals surface area contributed by atoms with Gasteiger partial charge in [-0.15, -0.1) is 5.10 Å². The number of carbonyl (C=O) groups is 1. The van der Waals surface area contributed by atoms with Gasteiger partial charge in [0.1, 0.15) is 11.5 Å². The van der Waals surface area contributed by atoms with Crippen molar-refractivity contribution in [3.8, 4) is 11.3 Å². The second kappa shape index (κ2) is 8.54. The molecule has 0 radical (unpaired) electrons. The number of carbonyl (C=O) groups excluding carboxylic acids is 1. The highest BCUT2D eigenvalue weighted by Crippen LogP contribution is 2.20. The highest BCUT2D eigenvalue weighted by Gasteiger charge is 2.35. The molecule has 3 aromatic rings. The Hall–Kier alpha value is -3.04. The number of nitrogens with one attached hydrogen (secondary N) is 2. The average molecular weight is 396 g/mol. The summed E-state index contributed by atoms with van der Waals surface area (Å²) in [6.07, 6.45) is 2.33. The van der Waals surface area contributed by atoms with Crippen molar-refractivity contribution in [3.63, 3.8) is 0 Å². The van der Waals surface area contributed by atoms with E-state index in [0.717, 1.165) is 28.3 Å². The Balaban J connectivity index is 1.31. The molecule has 1 aromatic carbocycles. The molecule has 29 heavy (non-hydrogen) atoms. The number of β-amino-alcohol motifs (C(OH)–C–C–N with tert-alkyl or cyclic N) is 1. The van der Waals surface area contributed by atoms with Crippen molar-refractivity contribution in [2.24, 2.45) is 0 Å². The smallest absolute Gasteiger partial charge is 0.237 e. The van der Waals surface area contributed by atoms with E-state index in [1.54, 1.807) is 6.20 Å². The summed E-state index contributed by atoms with van der Waals surface area (Å²) in [4.78, 5) is 14.7. The molecule has 0 unspecified atom stereocenters. The Morgan fingerprint density at radius 3 is 2.90 bits per heavy atom. The van der Waals surface area contributed by atoms with E-state index in [4.69, 9.17) is 4.52 Å². The molecule has 9 heteroatoms. The summed E-state index contributed by atoms with van der Waals surface area (Å²) < 4.78 is 5.24. The zero-order chi connectivity index (χ0) is 20.2. The third-order valence-corrected chi connectivity index (χ3v) is 5.14. The topological polar surface area (TPSA) is 120 Å². The van der Waals surface area contributed by atoms with Crippen LogP contribution in [0.3, 0.4) is 0 Å². The maximum atomic E-state index is 12.7. The molecule has 9 nitrogen and oxygen atoms in total. The molecule has 1 aliphatic rings. The molecule has 1 amide bonds. The van der Waals surface area contributed by atoms with Gasteiger partial charge < -0.3 is 14.9 Å². The second-order valence-electron chi connectivity index (χ2n) is 7.36. The first kappa shape index (κ1) is 19.3. The quantitative estimate of drug-likeness (QED) is 0.546. The highest BCUT2D eigenvalue weighted by atomic mass is 16.5. The van der Waals surface area contributed by atoms with Crippen molar-refractivity contribution >= 4 is 5.91 Å². The van der Waals surface area contributed by atoms with Crippen LogP contribution in [0.4, 0.5) is 0 Å². The molecular weight excluding hydrogens is 372 g/mol. The third-order valence-electron chi connectivity index (χ3n) is 5.14. The zero-order valence-corrected chi connectivity index (χ0v) is 16.2. The van der Waals surface area contributed by atoms with E-state index < -0.39 is 6.10 Å². The molecule has 152 valence electrons. The molecule has 0 aliphatic carbocycles. The standard InChI is InChI=1S/C20H24N6O3/c1-13-8-17(29-24-13)6-7-26-12-16(27)9-19(26)20(28)21-10-14-2-4-15(5-3-14)18-11-22-25-23-18/h2-5,8,11,16,19,27H,6-7,9-10,12H2,1H3,(H,21,28)(H,22,23,25)/t16-,19+/m1/s1. The average Bonchev–Trinajstić information content (AvgIpc) is 3.46. The summed E-state index contributed by atoms with van der Waals surface area (Å²) >= 11 is 0. The molecule has 2 aromatic heterocycles. The molecule has 1 aliphatic heterocycles. The summed E-state index contributed by atoms with van der Waals surface area (Å²) in [6, 6.07) is 9.36. The fraction of sp³-hybridized carbons (Fsp3) is 0.400. The lowest BCUT2D eigenvalue weighted by Gasteiger charge is -2.22. The minimum absolute atomic E-state index is 0.0733. The number of aromatic amines is 1. The fourth-order valence-corrected chi connectivity index (χ4v) is 3.63.